The molecule has 0 aromatic rings. The summed E-state index contributed by atoms with van der Waals surface area (Å²) in [4.78, 5) is 14.3. The molecule has 0 unspecified atom stereocenters. The van der Waals surface area contributed by atoms with Gasteiger partial charge in [0.1, 0.15) is 0 Å². The predicted molar refractivity (Wildman–Crippen MR) is 78.9 cm³/mol. The Hall–Kier alpha value is -0.830. The normalized spacial score (nSPS) is 25.1. The molecule has 3 heteroatoms. The van der Waals surface area contributed by atoms with E-state index in [0.29, 0.717) is 23.7 Å². The molecule has 1 aliphatic carbocycles. The molecular formula is C16H28N2O. The molecule has 1 amide bonds. The van der Waals surface area contributed by atoms with Crippen molar-refractivity contribution in [3.05, 3.63) is 12.2 Å². The lowest BCUT2D eigenvalue weighted by Gasteiger charge is -2.24. The van der Waals surface area contributed by atoms with Crippen molar-refractivity contribution in [1.29, 1.82) is 0 Å². The second-order valence-electron chi connectivity index (χ2n) is 6.46. The number of carbonyl (C=O) groups excluding carboxylic acids is 1. The van der Waals surface area contributed by atoms with Crippen molar-refractivity contribution >= 4 is 5.91 Å². The van der Waals surface area contributed by atoms with E-state index in [-0.39, 0.29) is 0 Å². The minimum Gasteiger partial charge on any atom is -0.356 e. The van der Waals surface area contributed by atoms with Gasteiger partial charge in [0.15, 0.2) is 0 Å². The van der Waals surface area contributed by atoms with Crippen molar-refractivity contribution in [3.8, 4) is 0 Å². The maximum absolute atomic E-state index is 11.8. The van der Waals surface area contributed by atoms with Crippen LogP contribution in [0.3, 0.4) is 0 Å². The number of likely N-dealkylation sites (tertiary alicyclic amines) is 1. The molecule has 108 valence electrons. The van der Waals surface area contributed by atoms with Crippen LogP contribution in [0, 0.1) is 17.8 Å². The average Bonchev–Trinajstić information content (AvgIpc) is 2.71. The minimum atomic E-state index is 0.296. The van der Waals surface area contributed by atoms with Gasteiger partial charge in [-0.3, -0.25) is 9.69 Å². The van der Waals surface area contributed by atoms with Gasteiger partial charge in [0.05, 0.1) is 0 Å². The summed E-state index contributed by atoms with van der Waals surface area (Å²) in [6, 6.07) is 0. The van der Waals surface area contributed by atoms with E-state index in [4.69, 9.17) is 0 Å². The SMILES string of the molecule is CC(C)/C=C/CN1CC[C@@H](CNC(=O)C2CCC2)C1. The first kappa shape index (κ1) is 14.6. The first-order chi connectivity index (χ1) is 9.15. The molecule has 1 atom stereocenters. The minimum absolute atomic E-state index is 0.296. The highest BCUT2D eigenvalue weighted by Crippen LogP contribution is 2.26. The number of rotatable bonds is 6. The van der Waals surface area contributed by atoms with E-state index in [0.717, 1.165) is 32.5 Å². The Balaban J connectivity index is 1.60. The lowest BCUT2D eigenvalue weighted by molar-refractivity contribution is -0.127. The zero-order valence-corrected chi connectivity index (χ0v) is 12.4. The summed E-state index contributed by atoms with van der Waals surface area (Å²) < 4.78 is 0. The van der Waals surface area contributed by atoms with Crippen LogP contribution < -0.4 is 5.32 Å². The Morgan fingerprint density at radius 1 is 1.37 bits per heavy atom. The van der Waals surface area contributed by atoms with E-state index in [1.165, 1.54) is 19.4 Å². The molecular weight excluding hydrogens is 236 g/mol. The maximum Gasteiger partial charge on any atom is 0.223 e. The number of allylic oxidation sites excluding steroid dienone is 1. The lowest BCUT2D eigenvalue weighted by atomic mass is 9.85. The van der Waals surface area contributed by atoms with Crippen LogP contribution in [0.4, 0.5) is 0 Å². The summed E-state index contributed by atoms with van der Waals surface area (Å²) in [5.41, 5.74) is 0. The highest BCUT2D eigenvalue weighted by Gasteiger charge is 2.27. The van der Waals surface area contributed by atoms with Crippen LogP contribution in [0.2, 0.25) is 0 Å². The molecule has 0 spiro atoms. The van der Waals surface area contributed by atoms with Crippen LogP contribution in [0.25, 0.3) is 0 Å². The second kappa shape index (κ2) is 7.09. The van der Waals surface area contributed by atoms with Gasteiger partial charge in [-0.15, -0.1) is 0 Å². The van der Waals surface area contributed by atoms with Gasteiger partial charge in [0, 0.05) is 25.6 Å². The van der Waals surface area contributed by atoms with Gasteiger partial charge >= 0.3 is 0 Å². The molecule has 1 N–H and O–H groups in total. The average molecular weight is 264 g/mol. The van der Waals surface area contributed by atoms with Crippen LogP contribution in [-0.2, 0) is 4.79 Å². The van der Waals surface area contributed by atoms with Crippen molar-refractivity contribution in [2.45, 2.75) is 39.5 Å². The number of nitrogens with zero attached hydrogens (tertiary/aromatic N) is 1. The molecule has 0 aromatic carbocycles. The molecule has 1 aliphatic heterocycles. The van der Waals surface area contributed by atoms with Gasteiger partial charge in [-0.25, -0.2) is 0 Å². The number of carbonyl (C=O) groups is 1. The molecule has 2 fully saturated rings. The summed E-state index contributed by atoms with van der Waals surface area (Å²) >= 11 is 0. The third kappa shape index (κ3) is 4.64. The Morgan fingerprint density at radius 3 is 2.79 bits per heavy atom. The smallest absolute Gasteiger partial charge is 0.223 e. The van der Waals surface area contributed by atoms with E-state index in [9.17, 15) is 4.79 Å². The molecule has 0 aromatic heterocycles. The van der Waals surface area contributed by atoms with Crippen molar-refractivity contribution in [1.82, 2.24) is 10.2 Å². The van der Waals surface area contributed by atoms with Crippen molar-refractivity contribution < 1.29 is 4.79 Å². The summed E-state index contributed by atoms with van der Waals surface area (Å²) in [6.45, 7) is 8.66. The summed E-state index contributed by atoms with van der Waals surface area (Å²) in [7, 11) is 0. The second-order valence-corrected chi connectivity index (χ2v) is 6.46. The van der Waals surface area contributed by atoms with E-state index in [2.05, 4.69) is 36.2 Å². The zero-order valence-electron chi connectivity index (χ0n) is 12.4. The predicted octanol–water partition coefficient (Wildman–Crippen LogP) is 2.44. The third-order valence-corrected chi connectivity index (χ3v) is 4.30. The number of hydrogen-bond donors (Lipinski definition) is 1. The highest BCUT2D eigenvalue weighted by atomic mass is 16.1. The number of nitrogens with one attached hydrogen (secondary N) is 1. The van der Waals surface area contributed by atoms with E-state index >= 15 is 0 Å². The van der Waals surface area contributed by atoms with Gasteiger partial charge < -0.3 is 5.32 Å². The Bertz CT molecular complexity index is 321. The Labute approximate surface area is 117 Å². The molecule has 1 saturated heterocycles. The Morgan fingerprint density at radius 2 is 2.16 bits per heavy atom. The fraction of sp³-hybridized carbons (Fsp3) is 0.812. The molecule has 2 aliphatic rings. The van der Waals surface area contributed by atoms with E-state index < -0.39 is 0 Å². The van der Waals surface area contributed by atoms with Crippen LogP contribution >= 0.6 is 0 Å². The van der Waals surface area contributed by atoms with Gasteiger partial charge in [-0.2, -0.15) is 0 Å². The fourth-order valence-electron chi connectivity index (χ4n) is 2.79. The standard InChI is InChI=1S/C16H28N2O/c1-13(2)5-4-9-18-10-8-14(12-18)11-17-16(19)15-6-3-7-15/h4-5,13-15H,3,6-12H2,1-2H3,(H,17,19)/b5-4+/t14-/m0/s1. The van der Waals surface area contributed by atoms with Crippen LogP contribution in [-0.4, -0.2) is 37.0 Å². The zero-order chi connectivity index (χ0) is 13.7. The van der Waals surface area contributed by atoms with Crippen LogP contribution in [0.1, 0.15) is 39.5 Å². The van der Waals surface area contributed by atoms with E-state index in [1.54, 1.807) is 0 Å². The van der Waals surface area contributed by atoms with Gasteiger partial charge in [-0.1, -0.05) is 32.4 Å². The first-order valence-electron chi connectivity index (χ1n) is 7.82. The molecule has 1 heterocycles. The van der Waals surface area contributed by atoms with E-state index in [1.807, 2.05) is 0 Å². The van der Waals surface area contributed by atoms with Gasteiger partial charge in [0.2, 0.25) is 5.91 Å². The van der Waals surface area contributed by atoms with Gasteiger partial charge in [0.25, 0.3) is 0 Å². The maximum atomic E-state index is 11.8. The van der Waals surface area contributed by atoms with Crippen molar-refractivity contribution in [2.24, 2.45) is 17.8 Å². The monoisotopic (exact) mass is 264 g/mol. The fourth-order valence-corrected chi connectivity index (χ4v) is 2.79. The summed E-state index contributed by atoms with van der Waals surface area (Å²) in [6.07, 6.45) is 9.20. The largest absolute Gasteiger partial charge is 0.356 e. The molecule has 0 radical (unpaired) electrons. The molecule has 3 nitrogen and oxygen atoms in total. The molecule has 2 rings (SSSR count). The molecule has 1 saturated carbocycles. The first-order valence-corrected chi connectivity index (χ1v) is 7.82. The number of amides is 1. The molecule has 0 bridgehead atoms. The van der Waals surface area contributed by atoms with Crippen molar-refractivity contribution in [2.75, 3.05) is 26.2 Å². The van der Waals surface area contributed by atoms with Crippen molar-refractivity contribution in [3.63, 3.8) is 0 Å². The van der Waals surface area contributed by atoms with Crippen LogP contribution in [0.15, 0.2) is 12.2 Å². The summed E-state index contributed by atoms with van der Waals surface area (Å²) in [5.74, 6) is 1.91. The quantitative estimate of drug-likeness (QED) is 0.747. The highest BCUT2D eigenvalue weighted by molar-refractivity contribution is 5.79. The lowest BCUT2D eigenvalue weighted by Crippen LogP contribution is -2.37. The summed E-state index contributed by atoms with van der Waals surface area (Å²) in [5, 5.41) is 3.14. The Kier molecular flexibility index (Phi) is 5.44. The van der Waals surface area contributed by atoms with Crippen LogP contribution in [0.5, 0.6) is 0 Å². The topological polar surface area (TPSA) is 32.3 Å². The molecule has 19 heavy (non-hydrogen) atoms. The van der Waals surface area contributed by atoms with Gasteiger partial charge in [-0.05, 0) is 37.6 Å². The third-order valence-electron chi connectivity index (χ3n) is 4.30. The number of hydrogen-bond acceptors (Lipinski definition) is 2.